The maximum Gasteiger partial charge on any atom is 0.170 e. The van der Waals surface area contributed by atoms with Gasteiger partial charge < -0.3 is 0 Å². The molecule has 0 fully saturated rings. The predicted octanol–water partition coefficient (Wildman–Crippen LogP) is 3.58. The van der Waals surface area contributed by atoms with Crippen molar-refractivity contribution >= 4 is 5.78 Å². The molecule has 112 valence electrons. The van der Waals surface area contributed by atoms with E-state index in [1.807, 2.05) is 38.1 Å². The van der Waals surface area contributed by atoms with Gasteiger partial charge in [0.25, 0.3) is 0 Å². The van der Waals surface area contributed by atoms with Crippen LogP contribution in [0.1, 0.15) is 62.4 Å². The van der Waals surface area contributed by atoms with Crippen LogP contribution in [0.25, 0.3) is 0 Å². The van der Waals surface area contributed by atoms with Gasteiger partial charge in [-0.2, -0.15) is 5.10 Å². The molecule has 0 saturated carbocycles. The average Bonchev–Trinajstić information content (AvgIpc) is 2.86. The van der Waals surface area contributed by atoms with Crippen LogP contribution in [0.5, 0.6) is 0 Å². The van der Waals surface area contributed by atoms with E-state index in [0.717, 1.165) is 17.0 Å². The molecule has 1 heterocycles. The Morgan fingerprint density at radius 1 is 1.24 bits per heavy atom. The summed E-state index contributed by atoms with van der Waals surface area (Å²) >= 11 is 0. The van der Waals surface area contributed by atoms with Crippen LogP contribution in [0.15, 0.2) is 30.6 Å². The van der Waals surface area contributed by atoms with Gasteiger partial charge >= 0.3 is 0 Å². The first-order valence-electron chi connectivity index (χ1n) is 7.32. The maximum atomic E-state index is 12.7. The molecule has 0 spiro atoms. The Kier molecular flexibility index (Phi) is 4.26. The standard InChI is InChI=1S/C17H23N3O/c1-12(2)20-16(18-11-19-20)10-15(21)13-8-6-7-9-14(13)17(3,4)5/h6-9,11-12H,10H2,1-5H3. The third kappa shape index (κ3) is 3.38. The molecule has 0 unspecified atom stereocenters. The Balaban J connectivity index is 2.32. The Morgan fingerprint density at radius 2 is 1.90 bits per heavy atom. The third-order valence-electron chi connectivity index (χ3n) is 3.49. The van der Waals surface area contributed by atoms with E-state index in [9.17, 15) is 4.79 Å². The highest BCUT2D eigenvalue weighted by Crippen LogP contribution is 2.26. The first-order chi connectivity index (χ1) is 9.80. The van der Waals surface area contributed by atoms with Crippen molar-refractivity contribution in [2.45, 2.75) is 52.5 Å². The van der Waals surface area contributed by atoms with E-state index in [-0.39, 0.29) is 23.7 Å². The van der Waals surface area contributed by atoms with Gasteiger partial charge in [0.15, 0.2) is 5.78 Å². The van der Waals surface area contributed by atoms with Crippen molar-refractivity contribution in [3.05, 3.63) is 47.5 Å². The third-order valence-corrected chi connectivity index (χ3v) is 3.49. The van der Waals surface area contributed by atoms with Gasteiger partial charge in [0.05, 0.1) is 6.42 Å². The Hall–Kier alpha value is -1.97. The molecule has 2 rings (SSSR count). The molecule has 0 saturated heterocycles. The number of Topliss-reactive ketones (excluding diaryl/α,β-unsaturated/α-hetero) is 1. The highest BCUT2D eigenvalue weighted by atomic mass is 16.1. The number of hydrogen-bond acceptors (Lipinski definition) is 3. The van der Waals surface area contributed by atoms with E-state index < -0.39 is 0 Å². The number of benzene rings is 1. The number of hydrogen-bond donors (Lipinski definition) is 0. The molecule has 0 atom stereocenters. The van der Waals surface area contributed by atoms with Crippen LogP contribution >= 0.6 is 0 Å². The van der Waals surface area contributed by atoms with E-state index in [0.29, 0.717) is 0 Å². The van der Waals surface area contributed by atoms with E-state index in [1.165, 1.54) is 6.33 Å². The molecule has 0 bridgehead atoms. The molecule has 4 nitrogen and oxygen atoms in total. The maximum absolute atomic E-state index is 12.7. The van der Waals surface area contributed by atoms with Crippen LogP contribution in [-0.4, -0.2) is 20.5 Å². The topological polar surface area (TPSA) is 47.8 Å². The van der Waals surface area contributed by atoms with E-state index >= 15 is 0 Å². The predicted molar refractivity (Wildman–Crippen MR) is 83.6 cm³/mol. The van der Waals surface area contributed by atoms with Crippen molar-refractivity contribution in [3.8, 4) is 0 Å². The highest BCUT2D eigenvalue weighted by molar-refractivity contribution is 5.98. The quantitative estimate of drug-likeness (QED) is 0.807. The van der Waals surface area contributed by atoms with Gasteiger partial charge in [-0.05, 0) is 24.8 Å². The number of carbonyl (C=O) groups excluding carboxylic acids is 1. The number of carbonyl (C=O) groups is 1. The summed E-state index contributed by atoms with van der Waals surface area (Å²) in [6, 6.07) is 8.02. The summed E-state index contributed by atoms with van der Waals surface area (Å²) in [5.41, 5.74) is 1.80. The Morgan fingerprint density at radius 3 is 2.52 bits per heavy atom. The number of rotatable bonds is 4. The van der Waals surface area contributed by atoms with Gasteiger partial charge in [-0.3, -0.25) is 4.79 Å². The molecule has 0 aliphatic rings. The lowest BCUT2D eigenvalue weighted by molar-refractivity contribution is 0.0987. The minimum absolute atomic E-state index is 0.0576. The van der Waals surface area contributed by atoms with E-state index in [2.05, 4.69) is 30.9 Å². The van der Waals surface area contributed by atoms with Crippen molar-refractivity contribution in [1.82, 2.24) is 14.8 Å². The molecule has 4 heteroatoms. The zero-order chi connectivity index (χ0) is 15.6. The Bertz CT molecular complexity index is 635. The summed E-state index contributed by atoms with van der Waals surface area (Å²) in [6.45, 7) is 10.4. The van der Waals surface area contributed by atoms with Crippen LogP contribution in [0.4, 0.5) is 0 Å². The van der Waals surface area contributed by atoms with Gasteiger partial charge in [-0.25, -0.2) is 9.67 Å². The van der Waals surface area contributed by atoms with Crippen LogP contribution in [0.3, 0.4) is 0 Å². The average molecular weight is 285 g/mol. The molecule has 0 amide bonds. The normalized spacial score (nSPS) is 11.9. The van der Waals surface area contributed by atoms with Crippen molar-refractivity contribution < 1.29 is 4.79 Å². The van der Waals surface area contributed by atoms with Crippen LogP contribution in [-0.2, 0) is 11.8 Å². The zero-order valence-corrected chi connectivity index (χ0v) is 13.4. The number of nitrogens with zero attached hydrogens (tertiary/aromatic N) is 3. The Labute approximate surface area is 126 Å². The lowest BCUT2D eigenvalue weighted by Crippen LogP contribution is -2.19. The molecule has 2 aromatic rings. The fraction of sp³-hybridized carbons (Fsp3) is 0.471. The van der Waals surface area contributed by atoms with Gasteiger partial charge in [-0.1, -0.05) is 45.0 Å². The van der Waals surface area contributed by atoms with Crippen molar-refractivity contribution in [3.63, 3.8) is 0 Å². The van der Waals surface area contributed by atoms with Crippen LogP contribution in [0, 0.1) is 0 Å². The molecule has 0 N–H and O–H groups in total. The van der Waals surface area contributed by atoms with E-state index in [4.69, 9.17) is 0 Å². The molecule has 0 aliphatic heterocycles. The summed E-state index contributed by atoms with van der Waals surface area (Å²) in [6.07, 6.45) is 1.80. The van der Waals surface area contributed by atoms with E-state index in [1.54, 1.807) is 4.68 Å². The molecular formula is C17H23N3O. The van der Waals surface area contributed by atoms with Gasteiger partial charge in [0.1, 0.15) is 12.2 Å². The summed E-state index contributed by atoms with van der Waals surface area (Å²) < 4.78 is 1.80. The highest BCUT2D eigenvalue weighted by Gasteiger charge is 2.22. The monoisotopic (exact) mass is 285 g/mol. The van der Waals surface area contributed by atoms with Crippen LogP contribution < -0.4 is 0 Å². The smallest absolute Gasteiger partial charge is 0.170 e. The summed E-state index contributed by atoms with van der Waals surface area (Å²) in [5.74, 6) is 0.814. The molecule has 0 aliphatic carbocycles. The minimum Gasteiger partial charge on any atom is -0.294 e. The van der Waals surface area contributed by atoms with Crippen molar-refractivity contribution in [2.24, 2.45) is 0 Å². The van der Waals surface area contributed by atoms with Crippen LogP contribution in [0.2, 0.25) is 0 Å². The molecule has 0 radical (unpaired) electrons. The second-order valence-electron chi connectivity index (χ2n) is 6.61. The minimum atomic E-state index is -0.0576. The molecule has 21 heavy (non-hydrogen) atoms. The molecule has 1 aromatic heterocycles. The first kappa shape index (κ1) is 15.4. The summed E-state index contributed by atoms with van der Waals surface area (Å²) in [4.78, 5) is 16.9. The fourth-order valence-corrected chi connectivity index (χ4v) is 2.45. The lowest BCUT2D eigenvalue weighted by Gasteiger charge is -2.22. The first-order valence-corrected chi connectivity index (χ1v) is 7.32. The fourth-order valence-electron chi connectivity index (χ4n) is 2.45. The van der Waals surface area contributed by atoms with Gasteiger partial charge in [-0.15, -0.1) is 0 Å². The van der Waals surface area contributed by atoms with Gasteiger partial charge in [0, 0.05) is 11.6 Å². The zero-order valence-electron chi connectivity index (χ0n) is 13.4. The van der Waals surface area contributed by atoms with Crippen molar-refractivity contribution in [2.75, 3.05) is 0 Å². The molecular weight excluding hydrogens is 262 g/mol. The lowest BCUT2D eigenvalue weighted by atomic mass is 9.82. The summed E-state index contributed by atoms with van der Waals surface area (Å²) in [7, 11) is 0. The summed E-state index contributed by atoms with van der Waals surface area (Å²) in [5, 5.41) is 4.19. The largest absolute Gasteiger partial charge is 0.294 e. The SMILES string of the molecule is CC(C)n1ncnc1CC(=O)c1ccccc1C(C)(C)C. The van der Waals surface area contributed by atoms with Gasteiger partial charge in [0.2, 0.25) is 0 Å². The second-order valence-corrected chi connectivity index (χ2v) is 6.61. The second kappa shape index (κ2) is 5.80. The number of ketones is 1. The molecule has 1 aromatic carbocycles. The van der Waals surface area contributed by atoms with Crippen molar-refractivity contribution in [1.29, 1.82) is 0 Å². The number of aromatic nitrogens is 3.